The van der Waals surface area contributed by atoms with E-state index in [1.807, 2.05) is 41.1 Å². The molecule has 0 atom stereocenters. The van der Waals surface area contributed by atoms with E-state index in [1.54, 1.807) is 25.4 Å². The van der Waals surface area contributed by atoms with Crippen LogP contribution in [0.4, 0.5) is 10.2 Å². The number of hydrogen-bond acceptors (Lipinski definition) is 6. The molecule has 0 radical (unpaired) electrons. The summed E-state index contributed by atoms with van der Waals surface area (Å²) in [6.45, 7) is 18.5. The van der Waals surface area contributed by atoms with Gasteiger partial charge in [-0.15, -0.1) is 0 Å². The molecule has 1 saturated carbocycles. The molecule has 0 spiro atoms. The monoisotopic (exact) mass is 701 g/mol. The summed E-state index contributed by atoms with van der Waals surface area (Å²) >= 11 is 0. The maximum atomic E-state index is 15.6. The van der Waals surface area contributed by atoms with E-state index in [0.717, 1.165) is 71.4 Å². The van der Waals surface area contributed by atoms with E-state index in [2.05, 4.69) is 65.3 Å². The number of carbonyl (C=O) groups is 1. The fraction of sp³-hybridized carbons (Fsp3) is 0.525. The number of rotatable bonds is 12. The zero-order valence-electron chi connectivity index (χ0n) is 31.5. The van der Waals surface area contributed by atoms with Crippen molar-refractivity contribution in [1.82, 2.24) is 20.1 Å². The molecule has 1 aliphatic carbocycles. The SMILES string of the molecule is COc1ccc(Cn2nc(N[C@H]3CC[C@H](O[Si](C)(C)C(C)(C)C)CC3)c3c(-c4ccc(CNC(=O)CCC(C)(C)C)c(F)c4)ccnc32)cc1. The maximum Gasteiger partial charge on any atom is 0.220 e. The Morgan fingerprint density at radius 1 is 1.00 bits per heavy atom. The van der Waals surface area contributed by atoms with Gasteiger partial charge in [0.2, 0.25) is 5.91 Å². The minimum Gasteiger partial charge on any atom is -0.497 e. The third-order valence-corrected chi connectivity index (χ3v) is 14.9. The molecular weight excluding hydrogens is 646 g/mol. The number of carbonyl (C=O) groups excluding carboxylic acids is 1. The van der Waals surface area contributed by atoms with Gasteiger partial charge < -0.3 is 19.8 Å². The Hall–Kier alpha value is -3.76. The summed E-state index contributed by atoms with van der Waals surface area (Å²) in [5.41, 5.74) is 3.90. The highest BCUT2D eigenvalue weighted by molar-refractivity contribution is 6.74. The Morgan fingerprint density at radius 2 is 1.70 bits per heavy atom. The lowest BCUT2D eigenvalue weighted by molar-refractivity contribution is -0.121. The second kappa shape index (κ2) is 15.2. The van der Waals surface area contributed by atoms with Crippen LogP contribution >= 0.6 is 0 Å². The summed E-state index contributed by atoms with van der Waals surface area (Å²) in [6.07, 6.45) is 7.18. The second-order valence-corrected chi connectivity index (χ2v) is 21.3. The van der Waals surface area contributed by atoms with Crippen LogP contribution < -0.4 is 15.4 Å². The van der Waals surface area contributed by atoms with Gasteiger partial charge in [0.1, 0.15) is 11.6 Å². The largest absolute Gasteiger partial charge is 0.497 e. The molecule has 4 aromatic rings. The van der Waals surface area contributed by atoms with Crippen LogP contribution in [0.5, 0.6) is 5.75 Å². The fourth-order valence-corrected chi connectivity index (χ4v) is 7.62. The van der Waals surface area contributed by atoms with Gasteiger partial charge in [0.15, 0.2) is 19.8 Å². The number of fused-ring (bicyclic) bond motifs is 1. The predicted molar refractivity (Wildman–Crippen MR) is 204 cm³/mol. The summed E-state index contributed by atoms with van der Waals surface area (Å²) in [4.78, 5) is 17.2. The molecule has 50 heavy (non-hydrogen) atoms. The first kappa shape index (κ1) is 37.5. The van der Waals surface area contributed by atoms with Crippen molar-refractivity contribution in [2.24, 2.45) is 5.41 Å². The quantitative estimate of drug-likeness (QED) is 0.143. The highest BCUT2D eigenvalue weighted by Gasteiger charge is 2.40. The van der Waals surface area contributed by atoms with Gasteiger partial charge in [-0.2, -0.15) is 5.10 Å². The third-order valence-electron chi connectivity index (χ3n) is 10.3. The molecule has 2 N–H and O–H groups in total. The standard InChI is InChI=1S/C40H56FN5O3Si/c1-39(2,3)22-20-35(47)43-25-29-13-12-28(24-34(29)41)33-21-23-42-38-36(33)37(45-46(38)26-27-10-16-31(48-7)17-11-27)44-30-14-18-32(19-15-30)49-50(8,9)40(4,5)6/h10-13,16-17,21,23-24,30,32H,14-15,18-20,22,25-26H2,1-9H3,(H,43,47)(H,44,45)/t30-,32-. The van der Waals surface area contributed by atoms with Crippen LogP contribution in [0.2, 0.25) is 18.1 Å². The van der Waals surface area contributed by atoms with Gasteiger partial charge in [-0.1, -0.05) is 65.8 Å². The molecule has 1 amide bonds. The number of hydrogen-bond donors (Lipinski definition) is 2. The number of nitrogens with zero attached hydrogens (tertiary/aromatic N) is 3. The van der Waals surface area contributed by atoms with Crippen molar-refractivity contribution in [3.63, 3.8) is 0 Å². The summed E-state index contributed by atoms with van der Waals surface area (Å²) in [5, 5.41) is 12.8. The Kier molecular flexibility index (Phi) is 11.4. The van der Waals surface area contributed by atoms with Crippen LogP contribution in [0.3, 0.4) is 0 Å². The zero-order chi connectivity index (χ0) is 36.3. The number of ether oxygens (including phenoxy) is 1. The van der Waals surface area contributed by atoms with E-state index in [0.29, 0.717) is 18.5 Å². The van der Waals surface area contributed by atoms with Crippen molar-refractivity contribution < 1.29 is 18.3 Å². The Morgan fingerprint density at radius 3 is 2.32 bits per heavy atom. The van der Waals surface area contributed by atoms with Crippen LogP contribution in [0.1, 0.15) is 91.2 Å². The van der Waals surface area contributed by atoms with Gasteiger partial charge >= 0.3 is 0 Å². The van der Waals surface area contributed by atoms with Crippen LogP contribution in [0, 0.1) is 11.2 Å². The van der Waals surface area contributed by atoms with E-state index in [1.165, 1.54) is 0 Å². The predicted octanol–water partition coefficient (Wildman–Crippen LogP) is 9.48. The van der Waals surface area contributed by atoms with Crippen molar-refractivity contribution in [3.8, 4) is 16.9 Å². The van der Waals surface area contributed by atoms with Crippen LogP contribution in [-0.4, -0.2) is 48.2 Å². The minimum absolute atomic E-state index is 0.0643. The molecule has 1 fully saturated rings. The van der Waals surface area contributed by atoms with E-state index in [-0.39, 0.29) is 40.9 Å². The van der Waals surface area contributed by atoms with Crippen LogP contribution in [0.15, 0.2) is 54.7 Å². The van der Waals surface area contributed by atoms with Crippen molar-refractivity contribution in [1.29, 1.82) is 0 Å². The van der Waals surface area contributed by atoms with E-state index in [4.69, 9.17) is 19.2 Å². The van der Waals surface area contributed by atoms with Crippen LogP contribution in [0.25, 0.3) is 22.2 Å². The van der Waals surface area contributed by atoms with Crippen LogP contribution in [-0.2, 0) is 22.3 Å². The third kappa shape index (κ3) is 9.31. The van der Waals surface area contributed by atoms with E-state index in [9.17, 15) is 4.79 Å². The zero-order valence-corrected chi connectivity index (χ0v) is 32.5. The van der Waals surface area contributed by atoms with Crippen molar-refractivity contribution >= 4 is 31.1 Å². The number of benzene rings is 2. The molecule has 0 aliphatic heterocycles. The lowest BCUT2D eigenvalue weighted by atomic mass is 9.90. The summed E-state index contributed by atoms with van der Waals surface area (Å²) in [7, 11) is -0.185. The average molecular weight is 702 g/mol. The van der Waals surface area contributed by atoms with E-state index < -0.39 is 8.32 Å². The fourth-order valence-electron chi connectivity index (χ4n) is 6.19. The van der Waals surface area contributed by atoms with Gasteiger partial charge in [-0.05, 0) is 96.6 Å². The lowest BCUT2D eigenvalue weighted by Crippen LogP contribution is -2.45. The van der Waals surface area contributed by atoms with Gasteiger partial charge in [-0.3, -0.25) is 4.79 Å². The molecule has 0 saturated heterocycles. The Balaban J connectivity index is 1.40. The molecule has 2 aromatic heterocycles. The number of nitrogens with one attached hydrogen (secondary N) is 2. The number of halogens is 1. The lowest BCUT2D eigenvalue weighted by Gasteiger charge is -2.41. The van der Waals surface area contributed by atoms with Crippen molar-refractivity contribution in [3.05, 3.63) is 71.7 Å². The minimum atomic E-state index is -1.84. The van der Waals surface area contributed by atoms with Gasteiger partial charge in [0.05, 0.1) is 19.0 Å². The summed E-state index contributed by atoms with van der Waals surface area (Å²) in [5.74, 6) is 1.12. The molecular formula is C40H56FN5O3Si. The normalized spacial score (nSPS) is 17.2. The van der Waals surface area contributed by atoms with Crippen molar-refractivity contribution in [2.75, 3.05) is 12.4 Å². The van der Waals surface area contributed by atoms with Crippen molar-refractivity contribution in [2.45, 2.75) is 123 Å². The Labute approximate surface area is 298 Å². The summed E-state index contributed by atoms with van der Waals surface area (Å²) in [6, 6.07) is 15.4. The van der Waals surface area contributed by atoms with Gasteiger partial charge in [0, 0.05) is 36.9 Å². The first-order valence-electron chi connectivity index (χ1n) is 18.0. The number of amides is 1. The average Bonchev–Trinajstić information content (AvgIpc) is 3.40. The molecule has 1 aliphatic rings. The molecule has 270 valence electrons. The first-order valence-corrected chi connectivity index (χ1v) is 20.9. The number of pyridine rings is 1. The highest BCUT2D eigenvalue weighted by Crippen LogP contribution is 2.40. The van der Waals surface area contributed by atoms with Gasteiger partial charge in [-0.25, -0.2) is 14.1 Å². The first-order chi connectivity index (χ1) is 23.5. The molecule has 10 heteroatoms. The number of aromatic nitrogens is 3. The molecule has 0 bridgehead atoms. The van der Waals surface area contributed by atoms with E-state index >= 15 is 4.39 Å². The molecule has 2 aromatic carbocycles. The smallest absolute Gasteiger partial charge is 0.220 e. The maximum absolute atomic E-state index is 15.6. The highest BCUT2D eigenvalue weighted by atomic mass is 28.4. The number of methoxy groups -OCH3 is 1. The second-order valence-electron chi connectivity index (χ2n) is 16.6. The molecule has 8 nitrogen and oxygen atoms in total. The number of anilines is 1. The summed E-state index contributed by atoms with van der Waals surface area (Å²) < 4.78 is 29.6. The Bertz CT molecular complexity index is 1770. The molecule has 5 rings (SSSR count). The topological polar surface area (TPSA) is 90.3 Å². The molecule has 2 heterocycles. The molecule has 0 unspecified atom stereocenters. The van der Waals surface area contributed by atoms with Gasteiger partial charge in [0.25, 0.3) is 0 Å².